The smallest absolute Gasteiger partial charge is 0.0525 e. The Hall–Kier alpha value is -0.0400. The van der Waals surface area contributed by atoms with E-state index in [1.807, 2.05) is 0 Å². The van der Waals surface area contributed by atoms with Crippen molar-refractivity contribution in [3.8, 4) is 0 Å². The van der Waals surface area contributed by atoms with E-state index >= 15 is 0 Å². The van der Waals surface area contributed by atoms with E-state index in [0.717, 1.165) is 19.1 Å². The van der Waals surface area contributed by atoms with Gasteiger partial charge in [0.2, 0.25) is 0 Å². The summed E-state index contributed by atoms with van der Waals surface area (Å²) in [6, 6.07) is 0. The van der Waals surface area contributed by atoms with Crippen molar-refractivity contribution in [2.45, 2.75) is 26.2 Å². The molecule has 0 N–H and O–H groups in total. The molecule has 1 aliphatic heterocycles. The highest BCUT2D eigenvalue weighted by Gasteiger charge is 2.46. The van der Waals surface area contributed by atoms with E-state index in [9.17, 15) is 0 Å². The molecule has 1 saturated heterocycles. The lowest BCUT2D eigenvalue weighted by Gasteiger charge is -2.44. The highest BCUT2D eigenvalue weighted by Crippen LogP contribution is 2.51. The van der Waals surface area contributed by atoms with E-state index in [4.69, 9.17) is 4.74 Å². The summed E-state index contributed by atoms with van der Waals surface area (Å²) in [5.74, 6) is 0.944. The molecule has 2 fully saturated rings. The standard InChI is InChI=1S/C8H14O/c1-7-2-3-8(7)4-5-9-6-8/h7H,2-6H2,1H3/t7?,8-/m0/s1. The average Bonchev–Trinajstić information content (AvgIpc) is 2.34. The minimum absolute atomic E-state index is 0.653. The van der Waals surface area contributed by atoms with Gasteiger partial charge in [-0.2, -0.15) is 0 Å². The van der Waals surface area contributed by atoms with E-state index in [0.29, 0.717) is 5.41 Å². The van der Waals surface area contributed by atoms with Crippen molar-refractivity contribution >= 4 is 0 Å². The van der Waals surface area contributed by atoms with Crippen LogP contribution in [0, 0.1) is 11.3 Å². The van der Waals surface area contributed by atoms with Gasteiger partial charge in [-0.1, -0.05) is 6.92 Å². The van der Waals surface area contributed by atoms with E-state index in [-0.39, 0.29) is 0 Å². The second-order valence-electron chi connectivity index (χ2n) is 3.60. The fraction of sp³-hybridized carbons (Fsp3) is 1.00. The second kappa shape index (κ2) is 1.72. The van der Waals surface area contributed by atoms with Gasteiger partial charge in [-0.3, -0.25) is 0 Å². The SMILES string of the molecule is CC1CC[C@@]12CCOC2. The lowest BCUT2D eigenvalue weighted by molar-refractivity contribution is 0.0282. The number of ether oxygens (including phenoxy) is 1. The summed E-state index contributed by atoms with van der Waals surface area (Å²) in [5.41, 5.74) is 0.653. The first-order valence-electron chi connectivity index (χ1n) is 3.91. The van der Waals surface area contributed by atoms with Crippen LogP contribution in [0.1, 0.15) is 26.2 Å². The van der Waals surface area contributed by atoms with E-state index in [2.05, 4.69) is 6.92 Å². The first kappa shape index (κ1) is 5.72. The summed E-state index contributed by atoms with van der Waals surface area (Å²) >= 11 is 0. The quantitative estimate of drug-likeness (QED) is 0.481. The van der Waals surface area contributed by atoms with E-state index in [1.165, 1.54) is 19.3 Å². The van der Waals surface area contributed by atoms with Gasteiger partial charge in [0.25, 0.3) is 0 Å². The van der Waals surface area contributed by atoms with Crippen molar-refractivity contribution < 1.29 is 4.74 Å². The minimum atomic E-state index is 0.653. The predicted octanol–water partition coefficient (Wildman–Crippen LogP) is 1.82. The Morgan fingerprint density at radius 1 is 1.44 bits per heavy atom. The van der Waals surface area contributed by atoms with Crippen molar-refractivity contribution in [1.82, 2.24) is 0 Å². The maximum Gasteiger partial charge on any atom is 0.0525 e. The topological polar surface area (TPSA) is 9.23 Å². The Balaban J connectivity index is 2.06. The molecule has 2 aliphatic rings. The molecule has 52 valence electrons. The molecule has 0 amide bonds. The van der Waals surface area contributed by atoms with Crippen molar-refractivity contribution in [3.05, 3.63) is 0 Å². The van der Waals surface area contributed by atoms with Crippen molar-refractivity contribution in [2.75, 3.05) is 13.2 Å². The van der Waals surface area contributed by atoms with Crippen LogP contribution in [-0.2, 0) is 4.74 Å². The molecular formula is C8H14O. The Kier molecular flexibility index (Phi) is 1.10. The normalized spacial score (nSPS) is 49.7. The summed E-state index contributed by atoms with van der Waals surface area (Å²) in [5, 5.41) is 0. The van der Waals surface area contributed by atoms with E-state index in [1.54, 1.807) is 0 Å². The lowest BCUT2D eigenvalue weighted by Crippen LogP contribution is -2.38. The fourth-order valence-electron chi connectivity index (χ4n) is 2.05. The molecule has 9 heavy (non-hydrogen) atoms. The van der Waals surface area contributed by atoms with Crippen LogP contribution >= 0.6 is 0 Å². The van der Waals surface area contributed by atoms with Crippen LogP contribution in [0.5, 0.6) is 0 Å². The fourth-order valence-corrected chi connectivity index (χ4v) is 2.05. The first-order chi connectivity index (χ1) is 4.33. The third-order valence-electron chi connectivity index (χ3n) is 3.25. The predicted molar refractivity (Wildman–Crippen MR) is 36.3 cm³/mol. The molecule has 0 aromatic carbocycles. The van der Waals surface area contributed by atoms with Gasteiger partial charge in [-0.05, 0) is 30.6 Å². The van der Waals surface area contributed by atoms with Gasteiger partial charge in [0.15, 0.2) is 0 Å². The van der Waals surface area contributed by atoms with Crippen molar-refractivity contribution in [1.29, 1.82) is 0 Å². The van der Waals surface area contributed by atoms with E-state index < -0.39 is 0 Å². The molecule has 0 bridgehead atoms. The monoisotopic (exact) mass is 126 g/mol. The van der Waals surface area contributed by atoms with Gasteiger partial charge in [0.1, 0.15) is 0 Å². The Morgan fingerprint density at radius 3 is 2.56 bits per heavy atom. The maximum absolute atomic E-state index is 5.37. The summed E-state index contributed by atoms with van der Waals surface area (Å²) in [6.07, 6.45) is 4.19. The molecule has 0 aromatic rings. The molecule has 0 aromatic heterocycles. The zero-order valence-electron chi connectivity index (χ0n) is 6.02. The number of hydrogen-bond acceptors (Lipinski definition) is 1. The first-order valence-corrected chi connectivity index (χ1v) is 3.91. The molecule has 1 heterocycles. The molecule has 2 atom stereocenters. The van der Waals surface area contributed by atoms with Gasteiger partial charge in [0.05, 0.1) is 6.61 Å². The maximum atomic E-state index is 5.37. The van der Waals surface area contributed by atoms with Crippen molar-refractivity contribution in [3.63, 3.8) is 0 Å². The Bertz CT molecular complexity index is 114. The largest absolute Gasteiger partial charge is 0.381 e. The molecule has 1 spiro atoms. The van der Waals surface area contributed by atoms with Crippen LogP contribution in [0.2, 0.25) is 0 Å². The van der Waals surface area contributed by atoms with Gasteiger partial charge in [0, 0.05) is 6.61 Å². The number of rotatable bonds is 0. The van der Waals surface area contributed by atoms with Crippen molar-refractivity contribution in [2.24, 2.45) is 11.3 Å². The summed E-state index contributed by atoms with van der Waals surface area (Å²) < 4.78 is 5.37. The highest BCUT2D eigenvalue weighted by molar-refractivity contribution is 4.95. The molecule has 2 rings (SSSR count). The molecular weight excluding hydrogens is 112 g/mol. The van der Waals surface area contributed by atoms with Crippen LogP contribution in [0.25, 0.3) is 0 Å². The Morgan fingerprint density at radius 2 is 2.33 bits per heavy atom. The Labute approximate surface area is 56.4 Å². The second-order valence-corrected chi connectivity index (χ2v) is 3.60. The van der Waals surface area contributed by atoms with Crippen LogP contribution in [0.4, 0.5) is 0 Å². The van der Waals surface area contributed by atoms with Gasteiger partial charge < -0.3 is 4.74 Å². The summed E-state index contributed by atoms with van der Waals surface area (Å²) in [6.45, 7) is 4.43. The third-order valence-corrected chi connectivity index (χ3v) is 3.25. The molecule has 1 heteroatoms. The zero-order chi connectivity index (χ0) is 6.32. The molecule has 1 aliphatic carbocycles. The highest BCUT2D eigenvalue weighted by atomic mass is 16.5. The minimum Gasteiger partial charge on any atom is -0.381 e. The van der Waals surface area contributed by atoms with Gasteiger partial charge in [-0.25, -0.2) is 0 Å². The van der Waals surface area contributed by atoms with Gasteiger partial charge >= 0.3 is 0 Å². The van der Waals surface area contributed by atoms with Crippen LogP contribution in [0.3, 0.4) is 0 Å². The molecule has 1 nitrogen and oxygen atoms in total. The summed E-state index contributed by atoms with van der Waals surface area (Å²) in [7, 11) is 0. The molecule has 1 saturated carbocycles. The van der Waals surface area contributed by atoms with Crippen LogP contribution in [0.15, 0.2) is 0 Å². The van der Waals surface area contributed by atoms with Crippen LogP contribution in [-0.4, -0.2) is 13.2 Å². The lowest BCUT2D eigenvalue weighted by atomic mass is 9.61. The number of hydrogen-bond donors (Lipinski definition) is 0. The molecule has 0 radical (unpaired) electrons. The molecule has 1 unspecified atom stereocenters. The third kappa shape index (κ3) is 0.644. The van der Waals surface area contributed by atoms with Gasteiger partial charge in [-0.15, -0.1) is 0 Å². The zero-order valence-corrected chi connectivity index (χ0v) is 6.02. The average molecular weight is 126 g/mol. The summed E-state index contributed by atoms with van der Waals surface area (Å²) in [4.78, 5) is 0. The van der Waals surface area contributed by atoms with Crippen LogP contribution < -0.4 is 0 Å².